The van der Waals surface area contributed by atoms with Gasteiger partial charge >= 0.3 is 0 Å². The van der Waals surface area contributed by atoms with Crippen molar-refractivity contribution in [1.82, 2.24) is 0 Å². The Labute approximate surface area is 94.6 Å². The van der Waals surface area contributed by atoms with E-state index in [2.05, 4.69) is 6.92 Å². The topological polar surface area (TPSA) is 34.1 Å². The number of carbonyl (C=O) groups is 2. The van der Waals surface area contributed by atoms with E-state index < -0.39 is 0 Å². The van der Waals surface area contributed by atoms with Gasteiger partial charge in [0.2, 0.25) is 0 Å². The molecule has 0 aliphatic heterocycles. The second-order valence-corrected chi connectivity index (χ2v) is 5.79. The Morgan fingerprint density at radius 3 is 1.93 bits per heavy atom. The van der Waals surface area contributed by atoms with Crippen LogP contribution >= 0.6 is 23.5 Å². The predicted octanol–water partition coefficient (Wildman–Crippen LogP) is 2.76. The van der Waals surface area contributed by atoms with E-state index in [1.165, 1.54) is 0 Å². The average molecular weight is 234 g/mol. The van der Waals surface area contributed by atoms with E-state index in [1.54, 1.807) is 0 Å². The van der Waals surface area contributed by atoms with Crippen LogP contribution in [0.1, 0.15) is 32.6 Å². The van der Waals surface area contributed by atoms with Gasteiger partial charge in [-0.2, -0.15) is 0 Å². The molecule has 14 heavy (non-hydrogen) atoms. The van der Waals surface area contributed by atoms with E-state index in [0.717, 1.165) is 36.9 Å². The molecule has 0 unspecified atom stereocenters. The third kappa shape index (κ3) is 8.63. The zero-order valence-electron chi connectivity index (χ0n) is 8.61. The van der Waals surface area contributed by atoms with Gasteiger partial charge in [-0.1, -0.05) is 13.3 Å². The van der Waals surface area contributed by atoms with E-state index in [-0.39, 0.29) is 0 Å². The molecule has 0 aliphatic rings. The number of thioether (sulfide) groups is 2. The number of aldehydes is 2. The van der Waals surface area contributed by atoms with Gasteiger partial charge in [-0.25, -0.2) is 0 Å². The van der Waals surface area contributed by atoms with Gasteiger partial charge in [0, 0.05) is 24.3 Å². The number of carbonyl (C=O) groups excluding carboxylic acids is 2. The largest absolute Gasteiger partial charge is 0.303 e. The molecular formula is C10H18O2S2. The zero-order valence-corrected chi connectivity index (χ0v) is 10.2. The summed E-state index contributed by atoms with van der Waals surface area (Å²) in [5.41, 5.74) is 0. The van der Waals surface area contributed by atoms with E-state index in [4.69, 9.17) is 0 Å². The maximum absolute atomic E-state index is 10.1. The van der Waals surface area contributed by atoms with Crippen LogP contribution in [0.15, 0.2) is 0 Å². The summed E-state index contributed by atoms with van der Waals surface area (Å²) in [5, 5.41) is 0. The fourth-order valence-corrected chi connectivity index (χ4v) is 3.70. The van der Waals surface area contributed by atoms with Crippen LogP contribution in [0.25, 0.3) is 0 Å². The summed E-state index contributed by atoms with van der Waals surface area (Å²) in [5.74, 6) is 1.81. The Hall–Kier alpha value is 0.0400. The van der Waals surface area contributed by atoms with Crippen molar-refractivity contribution in [1.29, 1.82) is 0 Å². The standard InChI is InChI=1S/C10H18O2S2/c1-2-5-10(13-8-3-6-11)14-9-4-7-12/h6-7,10H,2-5,8-9H2,1H3. The summed E-state index contributed by atoms with van der Waals surface area (Å²) in [6.45, 7) is 2.16. The molecule has 0 fully saturated rings. The van der Waals surface area contributed by atoms with Gasteiger partial charge in [-0.05, 0) is 6.42 Å². The van der Waals surface area contributed by atoms with Crippen LogP contribution in [0, 0.1) is 0 Å². The molecule has 0 saturated carbocycles. The molecule has 0 N–H and O–H groups in total. The van der Waals surface area contributed by atoms with Crippen molar-refractivity contribution < 1.29 is 9.59 Å². The quantitative estimate of drug-likeness (QED) is 0.331. The Balaban J connectivity index is 3.53. The molecule has 0 bridgehead atoms. The molecule has 82 valence electrons. The van der Waals surface area contributed by atoms with Crippen LogP contribution in [0.4, 0.5) is 0 Å². The van der Waals surface area contributed by atoms with Crippen molar-refractivity contribution in [3.8, 4) is 0 Å². The summed E-state index contributed by atoms with van der Waals surface area (Å²) >= 11 is 3.67. The minimum atomic E-state index is 0.555. The van der Waals surface area contributed by atoms with E-state index in [0.29, 0.717) is 17.4 Å². The molecule has 0 aromatic carbocycles. The van der Waals surface area contributed by atoms with Crippen molar-refractivity contribution in [2.75, 3.05) is 11.5 Å². The van der Waals surface area contributed by atoms with Gasteiger partial charge in [-0.15, -0.1) is 23.5 Å². The number of hydrogen-bond donors (Lipinski definition) is 0. The first kappa shape index (κ1) is 14.0. The molecular weight excluding hydrogens is 216 g/mol. The highest BCUT2D eigenvalue weighted by molar-refractivity contribution is 8.17. The van der Waals surface area contributed by atoms with Crippen molar-refractivity contribution in [2.45, 2.75) is 37.2 Å². The Bertz CT molecular complexity index is 137. The van der Waals surface area contributed by atoms with E-state index in [1.807, 2.05) is 23.5 Å². The molecule has 0 aliphatic carbocycles. The second kappa shape index (κ2) is 11.1. The fraction of sp³-hybridized carbons (Fsp3) is 0.800. The van der Waals surface area contributed by atoms with Gasteiger partial charge in [0.15, 0.2) is 0 Å². The molecule has 0 amide bonds. The Kier molecular flexibility index (Phi) is 11.1. The molecule has 0 atom stereocenters. The molecule has 2 nitrogen and oxygen atoms in total. The lowest BCUT2D eigenvalue weighted by atomic mass is 10.4. The first-order chi connectivity index (χ1) is 6.85. The van der Waals surface area contributed by atoms with Gasteiger partial charge in [0.25, 0.3) is 0 Å². The predicted molar refractivity (Wildman–Crippen MR) is 65.0 cm³/mol. The summed E-state index contributed by atoms with van der Waals surface area (Å²) in [7, 11) is 0. The van der Waals surface area contributed by atoms with Crippen LogP contribution in [0.3, 0.4) is 0 Å². The SMILES string of the molecule is CCCC(SCCC=O)SCCC=O. The fourth-order valence-electron chi connectivity index (χ4n) is 0.946. The molecule has 0 spiro atoms. The van der Waals surface area contributed by atoms with Crippen molar-refractivity contribution in [3.63, 3.8) is 0 Å². The summed E-state index contributed by atoms with van der Waals surface area (Å²) in [6.07, 6.45) is 5.52. The van der Waals surface area contributed by atoms with Crippen molar-refractivity contribution >= 4 is 36.1 Å². The highest BCUT2D eigenvalue weighted by Gasteiger charge is 2.07. The van der Waals surface area contributed by atoms with Crippen molar-refractivity contribution in [2.24, 2.45) is 0 Å². The molecule has 4 heteroatoms. The van der Waals surface area contributed by atoms with Crippen LogP contribution in [0.2, 0.25) is 0 Å². The van der Waals surface area contributed by atoms with Crippen LogP contribution < -0.4 is 0 Å². The minimum Gasteiger partial charge on any atom is -0.303 e. The first-order valence-electron chi connectivity index (χ1n) is 4.95. The lowest BCUT2D eigenvalue weighted by Gasteiger charge is -2.13. The van der Waals surface area contributed by atoms with Crippen LogP contribution in [-0.2, 0) is 9.59 Å². The lowest BCUT2D eigenvalue weighted by Crippen LogP contribution is -2.00. The third-order valence-electron chi connectivity index (χ3n) is 1.60. The van der Waals surface area contributed by atoms with E-state index in [9.17, 15) is 9.59 Å². The minimum absolute atomic E-state index is 0.555. The Morgan fingerprint density at radius 1 is 1.07 bits per heavy atom. The first-order valence-corrected chi connectivity index (χ1v) is 7.05. The zero-order chi connectivity index (χ0) is 10.6. The summed E-state index contributed by atoms with van der Waals surface area (Å²) < 4.78 is 0.555. The van der Waals surface area contributed by atoms with Gasteiger partial charge < -0.3 is 9.59 Å². The highest BCUT2D eigenvalue weighted by atomic mass is 32.2. The molecule has 0 aromatic rings. The van der Waals surface area contributed by atoms with E-state index >= 15 is 0 Å². The summed E-state index contributed by atoms with van der Waals surface area (Å²) in [4.78, 5) is 20.3. The monoisotopic (exact) mass is 234 g/mol. The molecule has 0 heterocycles. The van der Waals surface area contributed by atoms with Crippen LogP contribution in [-0.4, -0.2) is 28.7 Å². The maximum atomic E-state index is 10.1. The Morgan fingerprint density at radius 2 is 1.57 bits per heavy atom. The van der Waals surface area contributed by atoms with Gasteiger partial charge in [-0.3, -0.25) is 0 Å². The molecule has 0 rings (SSSR count). The smallest absolute Gasteiger partial charge is 0.120 e. The van der Waals surface area contributed by atoms with Crippen LogP contribution in [0.5, 0.6) is 0 Å². The highest BCUT2D eigenvalue weighted by Crippen LogP contribution is 2.28. The normalized spacial score (nSPS) is 10.4. The number of rotatable bonds is 10. The van der Waals surface area contributed by atoms with Gasteiger partial charge in [0.1, 0.15) is 12.6 Å². The average Bonchev–Trinajstić information content (AvgIpc) is 2.18. The molecule has 0 saturated heterocycles. The third-order valence-corrected chi connectivity index (χ3v) is 4.58. The maximum Gasteiger partial charge on any atom is 0.120 e. The molecule has 0 aromatic heterocycles. The lowest BCUT2D eigenvalue weighted by molar-refractivity contribution is -0.108. The van der Waals surface area contributed by atoms with Gasteiger partial charge in [0.05, 0.1) is 4.58 Å². The molecule has 0 radical (unpaired) electrons. The summed E-state index contributed by atoms with van der Waals surface area (Å²) in [6, 6.07) is 0. The van der Waals surface area contributed by atoms with Crippen molar-refractivity contribution in [3.05, 3.63) is 0 Å². The number of hydrogen-bond acceptors (Lipinski definition) is 4. The second-order valence-electron chi connectivity index (χ2n) is 2.87.